The number of benzene rings is 2. The SMILES string of the molecule is COCc1ccc([C@@H](NC(=O)CCCCC2=N/C(=C\c3c(C)cc(C)n3B(F)F)C=C2)C(=O)Nc2cc(F)c([Si](C)(C)C)c(F)c2)cc1. The molecule has 2 heterocycles. The second kappa shape index (κ2) is 15.8. The Hall–Kier alpha value is -4.23. The van der Waals surface area contributed by atoms with Crippen LogP contribution in [0.15, 0.2) is 65.3 Å². The quantitative estimate of drug-likeness (QED) is 0.107. The normalized spacial score (nSPS) is 14.3. The molecule has 1 aliphatic heterocycles. The first-order valence-corrected chi connectivity index (χ1v) is 19.3. The molecule has 48 heavy (non-hydrogen) atoms. The van der Waals surface area contributed by atoms with Crippen molar-refractivity contribution in [2.75, 3.05) is 12.4 Å². The van der Waals surface area contributed by atoms with Gasteiger partial charge in [0, 0.05) is 41.5 Å². The van der Waals surface area contributed by atoms with Crippen molar-refractivity contribution < 1.29 is 31.7 Å². The third kappa shape index (κ3) is 9.22. The van der Waals surface area contributed by atoms with Crippen LogP contribution >= 0.6 is 0 Å². The van der Waals surface area contributed by atoms with Crippen molar-refractivity contribution in [1.29, 1.82) is 0 Å². The molecule has 0 spiro atoms. The van der Waals surface area contributed by atoms with E-state index in [0.29, 0.717) is 48.5 Å². The summed E-state index contributed by atoms with van der Waals surface area (Å²) in [5, 5.41) is 5.40. The highest BCUT2D eigenvalue weighted by Crippen LogP contribution is 2.24. The van der Waals surface area contributed by atoms with Crippen LogP contribution in [0.3, 0.4) is 0 Å². The fourth-order valence-corrected chi connectivity index (χ4v) is 7.31. The molecular formula is C35H41BF4N4O3Si. The summed E-state index contributed by atoms with van der Waals surface area (Å²) in [5.41, 5.74) is 4.29. The van der Waals surface area contributed by atoms with Gasteiger partial charge in [-0.15, -0.1) is 0 Å². The van der Waals surface area contributed by atoms with Gasteiger partial charge in [-0.25, -0.2) is 8.78 Å². The summed E-state index contributed by atoms with van der Waals surface area (Å²) < 4.78 is 63.0. The smallest absolute Gasteiger partial charge is 0.380 e. The van der Waals surface area contributed by atoms with E-state index < -0.39 is 39.1 Å². The van der Waals surface area contributed by atoms with E-state index in [1.165, 1.54) is 0 Å². The minimum atomic E-state index is -2.65. The average molecular weight is 681 g/mol. The molecule has 7 nitrogen and oxygen atoms in total. The summed E-state index contributed by atoms with van der Waals surface area (Å²) >= 11 is 0. The third-order valence-electron chi connectivity index (χ3n) is 8.01. The number of halogens is 4. The predicted octanol–water partition coefficient (Wildman–Crippen LogP) is 7.26. The number of methoxy groups -OCH3 is 1. The Morgan fingerprint density at radius 2 is 1.69 bits per heavy atom. The topological polar surface area (TPSA) is 84.7 Å². The maximum atomic E-state index is 14.9. The minimum Gasteiger partial charge on any atom is -0.380 e. The first-order chi connectivity index (χ1) is 22.7. The molecule has 1 atom stereocenters. The van der Waals surface area contributed by atoms with Gasteiger partial charge in [0.25, 0.3) is 5.91 Å². The van der Waals surface area contributed by atoms with E-state index in [9.17, 15) is 27.0 Å². The number of carbonyl (C=O) groups excluding carboxylic acids is 2. The Morgan fingerprint density at radius 3 is 2.29 bits per heavy atom. The number of hydrogen-bond donors (Lipinski definition) is 2. The molecule has 1 aliphatic rings. The highest BCUT2D eigenvalue weighted by Gasteiger charge is 2.28. The first kappa shape index (κ1) is 36.6. The van der Waals surface area contributed by atoms with E-state index >= 15 is 0 Å². The zero-order valence-electron chi connectivity index (χ0n) is 28.1. The van der Waals surface area contributed by atoms with Gasteiger partial charge in [0.1, 0.15) is 17.7 Å². The van der Waals surface area contributed by atoms with Crippen molar-refractivity contribution in [3.8, 4) is 0 Å². The summed E-state index contributed by atoms with van der Waals surface area (Å²) in [6, 6.07) is 9.76. The molecule has 0 unspecified atom stereocenters. The highest BCUT2D eigenvalue weighted by atomic mass is 28.3. The Balaban J connectivity index is 1.39. The summed E-state index contributed by atoms with van der Waals surface area (Å²) in [6.45, 7) is 9.28. The molecule has 0 saturated heterocycles. The van der Waals surface area contributed by atoms with Gasteiger partial charge in [-0.05, 0) is 86.2 Å². The molecule has 4 rings (SSSR count). The number of ether oxygens (including phenoxy) is 1. The van der Waals surface area contributed by atoms with Gasteiger partial charge in [-0.2, -0.15) is 0 Å². The Kier molecular flexibility index (Phi) is 12.0. The van der Waals surface area contributed by atoms with Crippen LogP contribution in [0.2, 0.25) is 19.6 Å². The number of nitrogens with one attached hydrogen (secondary N) is 2. The van der Waals surface area contributed by atoms with Crippen molar-refractivity contribution in [3.05, 3.63) is 100 Å². The molecule has 3 aromatic rings. The monoisotopic (exact) mass is 680 g/mol. The number of carbonyl (C=O) groups is 2. The number of amides is 2. The molecule has 2 N–H and O–H groups in total. The number of rotatable bonds is 14. The van der Waals surface area contributed by atoms with Crippen molar-refractivity contribution in [2.45, 2.75) is 71.8 Å². The number of unbranched alkanes of at least 4 members (excludes halogenated alkanes) is 1. The lowest BCUT2D eigenvalue weighted by Crippen LogP contribution is -2.42. The van der Waals surface area contributed by atoms with Crippen molar-refractivity contribution in [2.24, 2.45) is 4.99 Å². The Morgan fingerprint density at radius 1 is 1.02 bits per heavy atom. The van der Waals surface area contributed by atoms with Gasteiger partial charge in [0.2, 0.25) is 5.91 Å². The molecule has 0 radical (unpaired) electrons. The van der Waals surface area contributed by atoms with E-state index in [1.807, 2.05) is 25.7 Å². The number of allylic oxidation sites excluding steroid dienone is 2. The van der Waals surface area contributed by atoms with E-state index in [0.717, 1.165) is 33.4 Å². The van der Waals surface area contributed by atoms with E-state index in [2.05, 4.69) is 15.6 Å². The zero-order chi connectivity index (χ0) is 35.2. The van der Waals surface area contributed by atoms with Crippen LogP contribution in [0, 0.1) is 25.5 Å². The standard InChI is InChI=1S/C35H41BF4N4O3Si/c1-22-17-23(2)44(36(39)40)31(22)20-27-16-15-26(41-27)9-7-8-10-32(45)43-33(25-13-11-24(12-14-25)21-47-3)35(46)42-28-18-29(37)34(30(38)19-28)48(4,5)6/h11-20,33H,7-10,21H2,1-6H3,(H,42,46)(H,43,45)/b27-20-/t33-/m1/s1. The van der Waals surface area contributed by atoms with Gasteiger partial charge >= 0.3 is 7.40 Å². The summed E-state index contributed by atoms with van der Waals surface area (Å²) in [7, 11) is -3.40. The second-order valence-corrected chi connectivity index (χ2v) is 17.9. The lowest BCUT2D eigenvalue weighted by molar-refractivity contribution is -0.126. The fraction of sp³-hybridized carbons (Fsp3) is 0.343. The zero-order valence-corrected chi connectivity index (χ0v) is 29.1. The van der Waals surface area contributed by atoms with E-state index in [1.54, 1.807) is 63.4 Å². The minimum absolute atomic E-state index is 0.0428. The van der Waals surface area contributed by atoms with Crippen LogP contribution in [0.4, 0.5) is 23.1 Å². The average Bonchev–Trinajstić information content (AvgIpc) is 3.55. The van der Waals surface area contributed by atoms with Gasteiger partial charge in [-0.1, -0.05) is 43.9 Å². The first-order valence-electron chi connectivity index (χ1n) is 15.8. The summed E-state index contributed by atoms with van der Waals surface area (Å²) in [4.78, 5) is 31.0. The molecule has 0 fully saturated rings. The van der Waals surface area contributed by atoms with Crippen LogP contribution < -0.4 is 15.8 Å². The van der Waals surface area contributed by atoms with Crippen LogP contribution in [0.1, 0.15) is 59.8 Å². The predicted molar refractivity (Wildman–Crippen MR) is 186 cm³/mol. The van der Waals surface area contributed by atoms with Gasteiger partial charge in [0.05, 0.1) is 20.4 Å². The molecule has 1 aromatic heterocycles. The molecular weight excluding hydrogens is 639 g/mol. The highest BCUT2D eigenvalue weighted by molar-refractivity contribution is 6.88. The molecule has 254 valence electrons. The fourth-order valence-electron chi connectivity index (χ4n) is 5.74. The maximum absolute atomic E-state index is 14.9. The molecule has 0 saturated carbocycles. The van der Waals surface area contributed by atoms with Gasteiger partial charge in [-0.3, -0.25) is 23.2 Å². The molecule has 13 heteroatoms. The lowest BCUT2D eigenvalue weighted by Gasteiger charge is -2.21. The largest absolute Gasteiger partial charge is 0.677 e. The van der Waals surface area contributed by atoms with Crippen molar-refractivity contribution in [3.63, 3.8) is 0 Å². The lowest BCUT2D eigenvalue weighted by atomic mass is 10.0. The third-order valence-corrected chi connectivity index (χ3v) is 9.98. The van der Waals surface area contributed by atoms with Crippen LogP contribution in [-0.4, -0.2) is 44.6 Å². The number of anilines is 1. The summed E-state index contributed by atoms with van der Waals surface area (Å²) in [5.74, 6) is -2.45. The number of hydrogen-bond acceptors (Lipinski definition) is 4. The molecule has 0 aliphatic carbocycles. The van der Waals surface area contributed by atoms with E-state index in [-0.39, 0.29) is 23.2 Å². The second-order valence-electron chi connectivity index (χ2n) is 12.9. The van der Waals surface area contributed by atoms with Gasteiger partial charge in [0.15, 0.2) is 0 Å². The summed E-state index contributed by atoms with van der Waals surface area (Å²) in [6.07, 6.45) is 7.07. The number of aromatic nitrogens is 1. The van der Waals surface area contributed by atoms with Crippen LogP contribution in [0.5, 0.6) is 0 Å². The molecule has 0 bridgehead atoms. The molecule has 2 amide bonds. The van der Waals surface area contributed by atoms with E-state index in [4.69, 9.17) is 4.74 Å². The van der Waals surface area contributed by atoms with Gasteiger partial charge < -0.3 is 19.8 Å². The van der Waals surface area contributed by atoms with Crippen molar-refractivity contribution in [1.82, 2.24) is 9.79 Å². The Labute approximate surface area is 280 Å². The van der Waals surface area contributed by atoms with Crippen molar-refractivity contribution >= 4 is 50.0 Å². The number of nitrogens with zero attached hydrogens (tertiary/aromatic N) is 2. The van der Waals surface area contributed by atoms with Crippen LogP contribution in [-0.2, 0) is 20.9 Å². The molecule has 2 aromatic carbocycles. The number of aliphatic imine (C=N–C) groups is 1. The number of aryl methyl sites for hydroxylation is 2. The maximum Gasteiger partial charge on any atom is 0.677 e. The Bertz CT molecular complexity index is 1720. The van der Waals surface area contributed by atoms with Crippen LogP contribution in [0.25, 0.3) is 6.08 Å².